The molecule has 0 bridgehead atoms. The molecule has 1 aliphatic rings. The monoisotopic (exact) mass is 421 g/mol. The number of carbonyl (C=O) groups is 1. The highest BCUT2D eigenvalue weighted by Gasteiger charge is 2.22. The summed E-state index contributed by atoms with van der Waals surface area (Å²) >= 11 is 1.35. The maximum Gasteiger partial charge on any atom is 0.266 e. The van der Waals surface area contributed by atoms with Gasteiger partial charge < -0.3 is 4.90 Å². The van der Waals surface area contributed by atoms with Gasteiger partial charge in [0.15, 0.2) is 5.16 Å². The predicted molar refractivity (Wildman–Crippen MR) is 123 cm³/mol. The number of rotatable bonds is 4. The van der Waals surface area contributed by atoms with E-state index < -0.39 is 0 Å². The molecule has 0 N–H and O–H groups in total. The maximum atomic E-state index is 13.4. The zero-order chi connectivity index (χ0) is 21.3. The van der Waals surface area contributed by atoms with E-state index in [-0.39, 0.29) is 17.2 Å². The average molecular weight is 422 g/mol. The van der Waals surface area contributed by atoms with E-state index in [4.69, 9.17) is 4.98 Å². The minimum atomic E-state index is -0.101. The number of fused-ring (bicyclic) bond motifs is 1. The fourth-order valence-electron chi connectivity index (χ4n) is 3.88. The molecule has 1 aromatic heterocycles. The van der Waals surface area contributed by atoms with Gasteiger partial charge >= 0.3 is 0 Å². The predicted octanol–water partition coefficient (Wildman–Crippen LogP) is 4.35. The number of aromatic nitrogens is 2. The number of hydrogen-bond donors (Lipinski definition) is 0. The largest absolute Gasteiger partial charge is 0.342 e. The van der Waals surface area contributed by atoms with E-state index in [0.29, 0.717) is 22.0 Å². The van der Waals surface area contributed by atoms with Crippen LogP contribution in [0.15, 0.2) is 52.4 Å². The summed E-state index contributed by atoms with van der Waals surface area (Å²) in [5.41, 5.74) is 3.53. The van der Waals surface area contributed by atoms with Gasteiger partial charge in [0.1, 0.15) is 0 Å². The molecule has 0 radical (unpaired) electrons. The van der Waals surface area contributed by atoms with Gasteiger partial charge in [-0.2, -0.15) is 0 Å². The van der Waals surface area contributed by atoms with Crippen LogP contribution in [0, 0.1) is 19.8 Å². The summed E-state index contributed by atoms with van der Waals surface area (Å²) in [6.07, 6.45) is 2.11. The second kappa shape index (κ2) is 8.64. The summed E-state index contributed by atoms with van der Waals surface area (Å²) in [6, 6.07) is 13.3. The molecule has 30 heavy (non-hydrogen) atoms. The van der Waals surface area contributed by atoms with Crippen LogP contribution in [0.3, 0.4) is 0 Å². The van der Waals surface area contributed by atoms with Crippen molar-refractivity contribution < 1.29 is 4.79 Å². The van der Waals surface area contributed by atoms with Gasteiger partial charge in [-0.05, 0) is 61.9 Å². The Hall–Kier alpha value is -2.60. The summed E-state index contributed by atoms with van der Waals surface area (Å²) < 4.78 is 1.67. The Morgan fingerprint density at radius 1 is 1.10 bits per heavy atom. The van der Waals surface area contributed by atoms with Crippen LogP contribution in [0.1, 0.15) is 30.9 Å². The minimum Gasteiger partial charge on any atom is -0.342 e. The minimum absolute atomic E-state index is 0.101. The van der Waals surface area contributed by atoms with Crippen LogP contribution in [0.2, 0.25) is 0 Å². The second-order valence-electron chi connectivity index (χ2n) is 8.12. The highest BCUT2D eigenvalue weighted by Crippen LogP contribution is 2.25. The number of thioether (sulfide) groups is 1. The average Bonchev–Trinajstić information content (AvgIpc) is 2.75. The molecule has 4 rings (SSSR count). The highest BCUT2D eigenvalue weighted by molar-refractivity contribution is 7.99. The molecule has 1 fully saturated rings. The third-order valence-corrected chi connectivity index (χ3v) is 6.95. The van der Waals surface area contributed by atoms with Gasteiger partial charge in [0.05, 0.1) is 22.3 Å². The normalized spacial score (nSPS) is 15.0. The number of nitrogens with zero attached hydrogens (tertiary/aromatic N) is 3. The number of amides is 1. The summed E-state index contributed by atoms with van der Waals surface area (Å²) in [7, 11) is 0. The number of benzene rings is 2. The first-order valence-electron chi connectivity index (χ1n) is 10.4. The second-order valence-corrected chi connectivity index (χ2v) is 9.07. The first kappa shape index (κ1) is 20.7. The number of likely N-dealkylation sites (tertiary alicyclic amines) is 1. The zero-order valence-electron chi connectivity index (χ0n) is 17.7. The van der Waals surface area contributed by atoms with Crippen molar-refractivity contribution in [3.05, 3.63) is 63.9 Å². The van der Waals surface area contributed by atoms with Crippen molar-refractivity contribution in [1.82, 2.24) is 14.5 Å². The first-order chi connectivity index (χ1) is 14.5. The van der Waals surface area contributed by atoms with Crippen LogP contribution in [0.25, 0.3) is 16.6 Å². The summed E-state index contributed by atoms with van der Waals surface area (Å²) in [5, 5.41) is 1.14. The van der Waals surface area contributed by atoms with Crippen LogP contribution in [0.5, 0.6) is 0 Å². The molecule has 0 unspecified atom stereocenters. The Kier molecular flexibility index (Phi) is 5.95. The molecule has 3 aromatic rings. The molecule has 0 saturated carbocycles. The lowest BCUT2D eigenvalue weighted by Gasteiger charge is -2.30. The first-order valence-corrected chi connectivity index (χ1v) is 11.4. The molecule has 0 aliphatic carbocycles. The van der Waals surface area contributed by atoms with Crippen molar-refractivity contribution in [2.45, 2.75) is 38.8 Å². The number of hydrogen-bond acceptors (Lipinski definition) is 4. The van der Waals surface area contributed by atoms with Gasteiger partial charge in [0.25, 0.3) is 5.56 Å². The number of para-hydroxylation sites is 1. The molecule has 1 saturated heterocycles. The van der Waals surface area contributed by atoms with E-state index in [9.17, 15) is 9.59 Å². The summed E-state index contributed by atoms with van der Waals surface area (Å²) in [4.78, 5) is 32.9. The van der Waals surface area contributed by atoms with Gasteiger partial charge in [-0.1, -0.05) is 43.0 Å². The van der Waals surface area contributed by atoms with E-state index >= 15 is 0 Å². The van der Waals surface area contributed by atoms with Crippen molar-refractivity contribution in [1.29, 1.82) is 0 Å². The van der Waals surface area contributed by atoms with Crippen molar-refractivity contribution >= 4 is 28.6 Å². The standard InChI is InChI=1S/C24H27N3O2S/c1-16-11-13-26(14-12-16)22(28)15-30-24-25-20-9-5-4-8-19(20)23(29)27(24)21-10-6-7-17(2)18(21)3/h4-10,16H,11-15H2,1-3H3. The van der Waals surface area contributed by atoms with Crippen molar-refractivity contribution in [3.63, 3.8) is 0 Å². The quantitative estimate of drug-likeness (QED) is 0.464. The van der Waals surface area contributed by atoms with E-state index in [1.165, 1.54) is 11.8 Å². The lowest BCUT2D eigenvalue weighted by Crippen LogP contribution is -2.39. The van der Waals surface area contributed by atoms with E-state index in [2.05, 4.69) is 6.92 Å². The van der Waals surface area contributed by atoms with Crippen LogP contribution in [0.4, 0.5) is 0 Å². The van der Waals surface area contributed by atoms with E-state index in [0.717, 1.165) is 42.7 Å². The van der Waals surface area contributed by atoms with Crippen molar-refractivity contribution in [2.24, 2.45) is 5.92 Å². The molecule has 5 nitrogen and oxygen atoms in total. The number of aryl methyl sites for hydroxylation is 1. The summed E-state index contributed by atoms with van der Waals surface area (Å²) in [5.74, 6) is 1.07. The van der Waals surface area contributed by atoms with E-state index in [1.807, 2.05) is 55.1 Å². The van der Waals surface area contributed by atoms with Gasteiger partial charge in [0.2, 0.25) is 5.91 Å². The number of carbonyl (C=O) groups excluding carboxylic acids is 1. The molecule has 6 heteroatoms. The Balaban J connectivity index is 1.72. The molecule has 0 spiro atoms. The third kappa shape index (κ3) is 4.01. The molecule has 1 aliphatic heterocycles. The SMILES string of the molecule is Cc1cccc(-n2c(SCC(=O)N3CCC(C)CC3)nc3ccccc3c2=O)c1C. The lowest BCUT2D eigenvalue weighted by atomic mass is 9.99. The molecule has 1 amide bonds. The van der Waals surface area contributed by atoms with Crippen molar-refractivity contribution in [2.75, 3.05) is 18.8 Å². The van der Waals surface area contributed by atoms with Crippen LogP contribution >= 0.6 is 11.8 Å². The zero-order valence-corrected chi connectivity index (χ0v) is 18.5. The van der Waals surface area contributed by atoms with Gasteiger partial charge in [-0.25, -0.2) is 4.98 Å². The molecular formula is C24H27N3O2S. The van der Waals surface area contributed by atoms with Crippen LogP contribution in [-0.4, -0.2) is 39.2 Å². The Bertz CT molecular complexity index is 1150. The van der Waals surface area contributed by atoms with E-state index in [1.54, 1.807) is 10.6 Å². The molecule has 2 aromatic carbocycles. The number of piperidine rings is 1. The molecular weight excluding hydrogens is 394 g/mol. The van der Waals surface area contributed by atoms with Gasteiger partial charge in [-0.15, -0.1) is 0 Å². The Labute approximate surface area is 181 Å². The topological polar surface area (TPSA) is 55.2 Å². The fourth-order valence-corrected chi connectivity index (χ4v) is 4.78. The Morgan fingerprint density at radius 3 is 2.60 bits per heavy atom. The molecule has 156 valence electrons. The van der Waals surface area contributed by atoms with Crippen LogP contribution in [-0.2, 0) is 4.79 Å². The third-order valence-electron chi connectivity index (χ3n) is 6.02. The molecule has 0 atom stereocenters. The lowest BCUT2D eigenvalue weighted by molar-refractivity contribution is -0.129. The fraction of sp³-hybridized carbons (Fsp3) is 0.375. The van der Waals surface area contributed by atoms with Crippen LogP contribution < -0.4 is 5.56 Å². The van der Waals surface area contributed by atoms with Gasteiger partial charge in [-0.3, -0.25) is 14.2 Å². The van der Waals surface area contributed by atoms with Gasteiger partial charge in [0, 0.05) is 13.1 Å². The Morgan fingerprint density at radius 2 is 1.83 bits per heavy atom. The maximum absolute atomic E-state index is 13.4. The highest BCUT2D eigenvalue weighted by atomic mass is 32.2. The summed E-state index contributed by atoms with van der Waals surface area (Å²) in [6.45, 7) is 7.91. The molecule has 2 heterocycles. The van der Waals surface area contributed by atoms with Crippen molar-refractivity contribution in [3.8, 4) is 5.69 Å². The smallest absolute Gasteiger partial charge is 0.266 e.